The molecule has 25 heavy (non-hydrogen) atoms. The van der Waals surface area contributed by atoms with Crippen LogP contribution in [0.5, 0.6) is 0 Å². The van der Waals surface area contributed by atoms with Gasteiger partial charge in [-0.05, 0) is 45.6 Å². The molecule has 2 atom stereocenters. The summed E-state index contributed by atoms with van der Waals surface area (Å²) in [5.74, 6) is 0. The molecule has 1 aromatic carbocycles. The minimum atomic E-state index is -0.921. The lowest BCUT2D eigenvalue weighted by Gasteiger charge is -2.38. The Kier molecular flexibility index (Phi) is 4.60. The van der Waals surface area contributed by atoms with E-state index in [0.717, 1.165) is 11.0 Å². The molecule has 0 radical (unpaired) electrons. The third-order valence-electron chi connectivity index (χ3n) is 5.51. The van der Waals surface area contributed by atoms with Crippen LogP contribution in [0.4, 0.5) is 4.79 Å². The van der Waals surface area contributed by atoms with E-state index in [-0.39, 0.29) is 23.3 Å². The molecule has 1 N–H and O–H groups in total. The summed E-state index contributed by atoms with van der Waals surface area (Å²) in [6.07, 6.45) is -0.921. The summed E-state index contributed by atoms with van der Waals surface area (Å²) in [5, 5.41) is 9.51. The maximum Gasteiger partial charge on any atom is 0.494 e. The third kappa shape index (κ3) is 3.28. The van der Waals surface area contributed by atoms with Crippen molar-refractivity contribution in [1.82, 2.24) is 4.90 Å². The minimum absolute atomic E-state index is 0.168. The van der Waals surface area contributed by atoms with Crippen molar-refractivity contribution < 1.29 is 23.9 Å². The SMILES string of the molecule is C[C@@H]1COC[C@H](c2ccc(B3OC(C)(C)C(C)(C)O3)cc2)N1C(=O)O. The molecule has 2 aliphatic heterocycles. The van der Waals surface area contributed by atoms with Crippen molar-refractivity contribution in [2.24, 2.45) is 0 Å². The molecule has 7 heteroatoms. The fraction of sp³-hybridized carbons (Fsp3) is 0.611. The molecule has 2 saturated heterocycles. The normalized spacial score (nSPS) is 28.2. The van der Waals surface area contributed by atoms with Gasteiger partial charge in [0.05, 0.1) is 36.5 Å². The third-order valence-corrected chi connectivity index (χ3v) is 5.51. The Morgan fingerprint density at radius 3 is 2.20 bits per heavy atom. The first kappa shape index (κ1) is 18.2. The number of rotatable bonds is 2. The number of carbonyl (C=O) groups is 1. The van der Waals surface area contributed by atoms with Gasteiger partial charge in [-0.25, -0.2) is 4.79 Å². The fourth-order valence-electron chi connectivity index (χ4n) is 3.25. The standard InChI is InChI=1S/C18H26BNO5/c1-12-10-23-11-15(20(12)16(21)22)13-6-8-14(9-7-13)19-24-17(2,3)18(4,5)25-19/h6-9,12,15H,10-11H2,1-5H3,(H,21,22)/t12-,15-/m1/s1. The summed E-state index contributed by atoms with van der Waals surface area (Å²) < 4.78 is 17.7. The molecule has 136 valence electrons. The molecule has 2 heterocycles. The van der Waals surface area contributed by atoms with Crippen LogP contribution >= 0.6 is 0 Å². The van der Waals surface area contributed by atoms with Gasteiger partial charge in [-0.15, -0.1) is 0 Å². The van der Waals surface area contributed by atoms with Gasteiger partial charge in [0, 0.05) is 0 Å². The molecule has 0 bridgehead atoms. The van der Waals surface area contributed by atoms with Gasteiger partial charge >= 0.3 is 13.2 Å². The summed E-state index contributed by atoms with van der Waals surface area (Å²) in [7, 11) is -0.420. The Morgan fingerprint density at radius 1 is 1.12 bits per heavy atom. The Morgan fingerprint density at radius 2 is 1.68 bits per heavy atom. The van der Waals surface area contributed by atoms with E-state index in [1.165, 1.54) is 4.90 Å². The predicted molar refractivity (Wildman–Crippen MR) is 95.0 cm³/mol. The molecular weight excluding hydrogens is 321 g/mol. The molecule has 3 rings (SSSR count). The first-order chi connectivity index (χ1) is 11.6. The van der Waals surface area contributed by atoms with E-state index in [1.54, 1.807) is 0 Å². The molecule has 2 aliphatic rings. The van der Waals surface area contributed by atoms with Crippen molar-refractivity contribution in [3.8, 4) is 0 Å². The van der Waals surface area contributed by atoms with Gasteiger partial charge in [-0.2, -0.15) is 0 Å². The quantitative estimate of drug-likeness (QED) is 0.833. The van der Waals surface area contributed by atoms with Crippen LogP contribution in [0.1, 0.15) is 46.2 Å². The second kappa shape index (κ2) is 6.30. The first-order valence-electron chi connectivity index (χ1n) is 8.67. The zero-order valence-corrected chi connectivity index (χ0v) is 15.5. The van der Waals surface area contributed by atoms with Crippen molar-refractivity contribution >= 4 is 18.7 Å². The molecule has 0 unspecified atom stereocenters. The van der Waals surface area contributed by atoms with Gasteiger partial charge in [0.1, 0.15) is 0 Å². The second-order valence-corrected chi connectivity index (χ2v) is 7.85. The van der Waals surface area contributed by atoms with Crippen molar-refractivity contribution in [1.29, 1.82) is 0 Å². The van der Waals surface area contributed by atoms with Crippen molar-refractivity contribution in [3.63, 3.8) is 0 Å². The molecular formula is C18H26BNO5. The summed E-state index contributed by atoms with van der Waals surface area (Å²) in [5.41, 5.74) is 1.06. The first-order valence-corrected chi connectivity index (χ1v) is 8.67. The summed E-state index contributed by atoms with van der Waals surface area (Å²) in [6.45, 7) is 10.7. The Bertz CT molecular complexity index is 629. The van der Waals surface area contributed by atoms with E-state index in [9.17, 15) is 9.90 Å². The van der Waals surface area contributed by atoms with Gasteiger partial charge in [-0.1, -0.05) is 24.3 Å². The molecule has 0 aromatic heterocycles. The highest BCUT2D eigenvalue weighted by Crippen LogP contribution is 2.36. The summed E-state index contributed by atoms with van der Waals surface area (Å²) >= 11 is 0. The zero-order valence-electron chi connectivity index (χ0n) is 15.5. The van der Waals surface area contributed by atoms with E-state index in [0.29, 0.717) is 13.2 Å². The molecule has 0 saturated carbocycles. The highest BCUT2D eigenvalue weighted by atomic mass is 16.7. The predicted octanol–water partition coefficient (Wildman–Crippen LogP) is 2.43. The highest BCUT2D eigenvalue weighted by Gasteiger charge is 2.51. The van der Waals surface area contributed by atoms with Crippen LogP contribution < -0.4 is 5.46 Å². The maximum absolute atomic E-state index is 11.6. The molecule has 0 aliphatic carbocycles. The van der Waals surface area contributed by atoms with Gasteiger partial charge in [0.25, 0.3) is 0 Å². The number of hydrogen-bond donors (Lipinski definition) is 1. The number of amides is 1. The lowest BCUT2D eigenvalue weighted by atomic mass is 9.78. The molecule has 0 spiro atoms. The van der Waals surface area contributed by atoms with Crippen molar-refractivity contribution in [2.45, 2.75) is 57.9 Å². The number of hydrogen-bond acceptors (Lipinski definition) is 4. The number of ether oxygens (including phenoxy) is 1. The van der Waals surface area contributed by atoms with Crippen LogP contribution in [0.2, 0.25) is 0 Å². The smallest absolute Gasteiger partial charge is 0.465 e. The molecule has 1 amide bonds. The van der Waals surface area contributed by atoms with Crippen molar-refractivity contribution in [3.05, 3.63) is 29.8 Å². The van der Waals surface area contributed by atoms with Gasteiger partial charge in [0.15, 0.2) is 0 Å². The van der Waals surface area contributed by atoms with Crippen LogP contribution in [0, 0.1) is 0 Å². The number of morpholine rings is 1. The highest BCUT2D eigenvalue weighted by molar-refractivity contribution is 6.62. The van der Waals surface area contributed by atoms with Crippen molar-refractivity contribution in [2.75, 3.05) is 13.2 Å². The van der Waals surface area contributed by atoms with Crippen LogP contribution in [-0.2, 0) is 14.0 Å². The van der Waals surface area contributed by atoms with Gasteiger partial charge < -0.3 is 19.2 Å². The Hall–Kier alpha value is -1.57. The fourth-order valence-corrected chi connectivity index (χ4v) is 3.25. The van der Waals surface area contributed by atoms with E-state index in [1.807, 2.05) is 58.9 Å². The number of benzene rings is 1. The topological polar surface area (TPSA) is 68.2 Å². The van der Waals surface area contributed by atoms with Crippen LogP contribution in [0.25, 0.3) is 0 Å². The van der Waals surface area contributed by atoms with Crippen LogP contribution in [-0.4, -0.2) is 53.7 Å². The van der Waals surface area contributed by atoms with Gasteiger partial charge in [0.2, 0.25) is 0 Å². The number of nitrogens with zero attached hydrogens (tertiary/aromatic N) is 1. The van der Waals surface area contributed by atoms with E-state index >= 15 is 0 Å². The summed E-state index contributed by atoms with van der Waals surface area (Å²) in [4.78, 5) is 13.1. The average molecular weight is 347 g/mol. The van der Waals surface area contributed by atoms with Crippen LogP contribution in [0.3, 0.4) is 0 Å². The number of carboxylic acid groups (broad SMARTS) is 1. The lowest BCUT2D eigenvalue weighted by molar-refractivity contribution is -0.0329. The maximum atomic E-state index is 11.6. The van der Waals surface area contributed by atoms with E-state index in [4.69, 9.17) is 14.0 Å². The monoisotopic (exact) mass is 347 g/mol. The van der Waals surface area contributed by atoms with Gasteiger partial charge in [-0.3, -0.25) is 4.90 Å². The summed E-state index contributed by atoms with van der Waals surface area (Å²) in [6, 6.07) is 7.28. The lowest BCUT2D eigenvalue weighted by Crippen LogP contribution is -2.48. The largest absolute Gasteiger partial charge is 0.494 e. The Balaban J connectivity index is 1.80. The van der Waals surface area contributed by atoms with E-state index < -0.39 is 13.2 Å². The zero-order chi connectivity index (χ0) is 18.4. The molecule has 6 nitrogen and oxygen atoms in total. The molecule has 1 aromatic rings. The average Bonchev–Trinajstić information content (AvgIpc) is 2.75. The Labute approximate surface area is 149 Å². The van der Waals surface area contributed by atoms with Crippen LogP contribution in [0.15, 0.2) is 24.3 Å². The van der Waals surface area contributed by atoms with E-state index in [2.05, 4.69) is 0 Å². The second-order valence-electron chi connectivity index (χ2n) is 7.85. The minimum Gasteiger partial charge on any atom is -0.465 e. The molecule has 2 fully saturated rings.